The minimum atomic E-state index is 0.565. The molecule has 0 aliphatic heterocycles. The van der Waals surface area contributed by atoms with Gasteiger partial charge in [-0.1, -0.05) is 83.1 Å². The molecule has 3 aromatic carbocycles. The van der Waals surface area contributed by atoms with Crippen molar-refractivity contribution < 1.29 is 0 Å². The van der Waals surface area contributed by atoms with E-state index < -0.39 is 0 Å². The average molecular weight is 443 g/mol. The van der Waals surface area contributed by atoms with E-state index in [-0.39, 0.29) is 0 Å². The maximum Gasteiger partial charge on any atom is 0.188 e. The van der Waals surface area contributed by atoms with E-state index in [1.54, 1.807) is 23.1 Å². The van der Waals surface area contributed by atoms with Crippen LogP contribution in [0.25, 0.3) is 21.7 Å². The number of rotatable bonds is 5. The number of thiazole rings is 1. The number of nitrogens with one attached hydrogen (secondary N) is 1. The maximum atomic E-state index is 6.32. The van der Waals surface area contributed by atoms with Gasteiger partial charge < -0.3 is 5.32 Å². The Hall–Kier alpha value is -1.98. The number of benzene rings is 3. The van der Waals surface area contributed by atoms with Crippen molar-refractivity contribution in [3.05, 3.63) is 82.8 Å². The lowest BCUT2D eigenvalue weighted by Crippen LogP contribution is -1.91. The van der Waals surface area contributed by atoms with Crippen molar-refractivity contribution in [3.63, 3.8) is 0 Å². The molecule has 0 fully saturated rings. The molecular weight excluding hydrogens is 427 g/mol. The van der Waals surface area contributed by atoms with Crippen LogP contribution in [-0.4, -0.2) is 11.2 Å². The highest BCUT2D eigenvalue weighted by Crippen LogP contribution is 2.42. The summed E-state index contributed by atoms with van der Waals surface area (Å²) in [5.74, 6) is 0. The van der Waals surface area contributed by atoms with Crippen LogP contribution in [0, 0.1) is 0 Å². The summed E-state index contributed by atoms with van der Waals surface area (Å²) in [5, 5.41) is 5.18. The van der Waals surface area contributed by atoms with Gasteiger partial charge in [0.15, 0.2) is 5.13 Å². The van der Waals surface area contributed by atoms with Gasteiger partial charge >= 0.3 is 0 Å². The van der Waals surface area contributed by atoms with Crippen molar-refractivity contribution >= 4 is 57.1 Å². The lowest BCUT2D eigenvalue weighted by atomic mass is 10.1. The van der Waals surface area contributed by atoms with Gasteiger partial charge in [-0.05, 0) is 36.1 Å². The molecule has 0 bridgehead atoms. The molecule has 4 rings (SSSR count). The first-order valence-electron chi connectivity index (χ1n) is 8.57. The second kappa shape index (κ2) is 8.58. The fourth-order valence-electron chi connectivity index (χ4n) is 2.83. The number of thioether (sulfide) groups is 1. The lowest BCUT2D eigenvalue weighted by molar-refractivity contribution is 1.37. The Kier molecular flexibility index (Phi) is 5.93. The number of para-hydroxylation sites is 1. The molecular formula is C22H16Cl2N2S2. The first-order chi connectivity index (χ1) is 13.7. The summed E-state index contributed by atoms with van der Waals surface area (Å²) in [6.45, 7) is 0. The largest absolute Gasteiger partial charge is 0.329 e. The van der Waals surface area contributed by atoms with E-state index in [0.29, 0.717) is 15.7 Å². The van der Waals surface area contributed by atoms with Crippen LogP contribution in [0.3, 0.4) is 0 Å². The Labute approximate surface area is 182 Å². The summed E-state index contributed by atoms with van der Waals surface area (Å²) in [7, 11) is 0. The van der Waals surface area contributed by atoms with Gasteiger partial charge in [0.25, 0.3) is 0 Å². The summed E-state index contributed by atoms with van der Waals surface area (Å²) in [4.78, 5) is 7.20. The van der Waals surface area contributed by atoms with E-state index in [1.165, 1.54) is 4.90 Å². The summed E-state index contributed by atoms with van der Waals surface area (Å²) in [6.07, 6.45) is 2.07. The Morgan fingerprint density at radius 2 is 1.50 bits per heavy atom. The summed E-state index contributed by atoms with van der Waals surface area (Å²) in [5.41, 5.74) is 3.81. The van der Waals surface area contributed by atoms with Crippen molar-refractivity contribution in [2.75, 3.05) is 11.6 Å². The van der Waals surface area contributed by atoms with Crippen LogP contribution in [0.5, 0.6) is 0 Å². The first kappa shape index (κ1) is 19.3. The number of nitrogens with zero attached hydrogens (tertiary/aromatic N) is 1. The lowest BCUT2D eigenvalue weighted by Gasteiger charge is -2.07. The zero-order valence-corrected chi connectivity index (χ0v) is 18.1. The van der Waals surface area contributed by atoms with E-state index >= 15 is 0 Å². The fourth-order valence-corrected chi connectivity index (χ4v) is 4.73. The molecule has 1 N–H and O–H groups in total. The van der Waals surface area contributed by atoms with Crippen LogP contribution in [0.1, 0.15) is 0 Å². The molecule has 1 aromatic heterocycles. The van der Waals surface area contributed by atoms with Crippen molar-refractivity contribution in [3.8, 4) is 21.7 Å². The number of hydrogen-bond donors (Lipinski definition) is 1. The molecule has 0 saturated carbocycles. The Morgan fingerprint density at radius 1 is 0.821 bits per heavy atom. The number of halogens is 2. The molecule has 0 amide bonds. The first-order valence-corrected chi connectivity index (χ1v) is 11.4. The van der Waals surface area contributed by atoms with E-state index in [2.05, 4.69) is 48.0 Å². The number of anilines is 2. The minimum absolute atomic E-state index is 0.565. The van der Waals surface area contributed by atoms with Gasteiger partial charge in [0.05, 0.1) is 26.3 Å². The van der Waals surface area contributed by atoms with E-state index in [9.17, 15) is 0 Å². The van der Waals surface area contributed by atoms with Crippen LogP contribution >= 0.6 is 46.3 Å². The number of aromatic nitrogens is 1. The van der Waals surface area contributed by atoms with Gasteiger partial charge in [-0.2, -0.15) is 0 Å². The van der Waals surface area contributed by atoms with Crippen LogP contribution in [0.15, 0.2) is 77.7 Å². The molecule has 0 aliphatic rings. The molecule has 0 spiro atoms. The van der Waals surface area contributed by atoms with Crippen LogP contribution in [0.2, 0.25) is 10.0 Å². The third-order valence-electron chi connectivity index (χ3n) is 4.22. The SMILES string of the molecule is CSc1ccc(-c2nc(Nc3c(Cl)cccc3Cl)sc2-c2ccccc2)cc1. The van der Waals surface area contributed by atoms with E-state index in [1.807, 2.05) is 36.4 Å². The molecule has 0 aliphatic carbocycles. The zero-order valence-electron chi connectivity index (χ0n) is 14.9. The predicted molar refractivity (Wildman–Crippen MR) is 125 cm³/mol. The monoisotopic (exact) mass is 442 g/mol. The van der Waals surface area contributed by atoms with Crippen molar-refractivity contribution in [1.29, 1.82) is 0 Å². The van der Waals surface area contributed by atoms with Crippen LogP contribution in [0.4, 0.5) is 10.8 Å². The van der Waals surface area contributed by atoms with Gasteiger partial charge in [0, 0.05) is 10.5 Å². The fraction of sp³-hybridized carbons (Fsp3) is 0.0455. The highest BCUT2D eigenvalue weighted by atomic mass is 35.5. The smallest absolute Gasteiger partial charge is 0.188 e. The Bertz CT molecular complexity index is 1070. The van der Waals surface area contributed by atoms with Crippen molar-refractivity contribution in [2.24, 2.45) is 0 Å². The number of hydrogen-bond acceptors (Lipinski definition) is 4. The highest BCUT2D eigenvalue weighted by Gasteiger charge is 2.16. The average Bonchev–Trinajstić information content (AvgIpc) is 3.15. The second-order valence-electron chi connectivity index (χ2n) is 6.01. The quantitative estimate of drug-likeness (QED) is 0.314. The molecule has 1 heterocycles. The standard InChI is InChI=1S/C22H16Cl2N2S2/c1-27-16-12-10-14(11-13-16)19-21(15-6-3-2-4-7-15)28-22(25-19)26-20-17(23)8-5-9-18(20)24/h2-13H,1H3,(H,25,26). The molecule has 0 radical (unpaired) electrons. The molecule has 140 valence electrons. The van der Waals surface area contributed by atoms with Crippen LogP contribution < -0.4 is 5.32 Å². The van der Waals surface area contributed by atoms with Crippen molar-refractivity contribution in [2.45, 2.75) is 4.90 Å². The molecule has 28 heavy (non-hydrogen) atoms. The molecule has 0 saturated heterocycles. The maximum absolute atomic E-state index is 6.32. The molecule has 0 atom stereocenters. The third-order valence-corrected chi connectivity index (χ3v) is 6.61. The molecule has 0 unspecified atom stereocenters. The summed E-state index contributed by atoms with van der Waals surface area (Å²) in [6, 6.07) is 24.2. The van der Waals surface area contributed by atoms with Crippen LogP contribution in [-0.2, 0) is 0 Å². The molecule has 2 nitrogen and oxygen atoms in total. The van der Waals surface area contributed by atoms with Gasteiger partial charge in [-0.3, -0.25) is 0 Å². The summed E-state index contributed by atoms with van der Waals surface area (Å²) >= 11 is 16.0. The Balaban J connectivity index is 1.80. The van der Waals surface area contributed by atoms with E-state index in [0.717, 1.165) is 26.8 Å². The normalized spacial score (nSPS) is 10.8. The topological polar surface area (TPSA) is 24.9 Å². The van der Waals surface area contributed by atoms with Gasteiger partial charge in [-0.25, -0.2) is 4.98 Å². The highest BCUT2D eigenvalue weighted by molar-refractivity contribution is 7.98. The molecule has 4 aromatic rings. The van der Waals surface area contributed by atoms with Gasteiger partial charge in [0.2, 0.25) is 0 Å². The van der Waals surface area contributed by atoms with Crippen molar-refractivity contribution in [1.82, 2.24) is 4.98 Å². The Morgan fingerprint density at radius 3 is 2.14 bits per heavy atom. The molecule has 6 heteroatoms. The third kappa shape index (κ3) is 4.06. The van der Waals surface area contributed by atoms with Gasteiger partial charge in [0.1, 0.15) is 0 Å². The van der Waals surface area contributed by atoms with Gasteiger partial charge in [-0.15, -0.1) is 11.8 Å². The predicted octanol–water partition coefficient (Wildman–Crippen LogP) is 8.25. The van der Waals surface area contributed by atoms with E-state index in [4.69, 9.17) is 28.2 Å². The minimum Gasteiger partial charge on any atom is -0.329 e. The zero-order chi connectivity index (χ0) is 19.5. The summed E-state index contributed by atoms with van der Waals surface area (Å²) < 4.78 is 0. The second-order valence-corrected chi connectivity index (χ2v) is 8.71.